The zero-order valence-corrected chi connectivity index (χ0v) is 10.1. The van der Waals surface area contributed by atoms with Crippen molar-refractivity contribution in [2.75, 3.05) is 5.75 Å². The number of carbonyl (C=O) groups is 2. The number of rotatable bonds is 3. The Morgan fingerprint density at radius 1 is 1.29 bits per heavy atom. The predicted molar refractivity (Wildman–Crippen MR) is 68.1 cm³/mol. The lowest BCUT2D eigenvalue weighted by Gasteiger charge is -2.01. The second kappa shape index (κ2) is 6.05. The van der Waals surface area contributed by atoms with Gasteiger partial charge in [0.2, 0.25) is 0 Å². The van der Waals surface area contributed by atoms with Crippen LogP contribution in [0.1, 0.15) is 22.8 Å². The number of hydrogen-bond donors (Lipinski definition) is 1. The molecule has 0 bridgehead atoms. The molecule has 5 nitrogen and oxygen atoms in total. The molecule has 0 heterocycles. The highest BCUT2D eigenvalue weighted by Crippen LogP contribution is 2.07. The van der Waals surface area contributed by atoms with Crippen LogP contribution in [-0.2, 0) is 0 Å². The fourth-order valence-electron chi connectivity index (χ4n) is 1.11. The molecule has 1 radical (unpaired) electrons. The van der Waals surface area contributed by atoms with E-state index in [0.717, 1.165) is 11.8 Å². The molecule has 0 saturated heterocycles. The number of nitrogens with one attached hydrogen (secondary N) is 1. The van der Waals surface area contributed by atoms with Crippen LogP contribution in [0.2, 0.25) is 0 Å². The van der Waals surface area contributed by atoms with E-state index in [9.17, 15) is 9.59 Å². The minimum atomic E-state index is -0.760. The normalized spacial score (nSPS) is 11.2. The summed E-state index contributed by atoms with van der Waals surface area (Å²) in [5.74, 6) is -0.00774. The molecule has 0 fully saturated rings. The van der Waals surface area contributed by atoms with Crippen LogP contribution >= 0.6 is 11.8 Å². The van der Waals surface area contributed by atoms with Crippen molar-refractivity contribution >= 4 is 28.7 Å². The monoisotopic (exact) mass is 250 g/mol. The fraction of sp³-hybridized carbons (Fsp3) is 0.182. The quantitative estimate of drug-likeness (QED) is 0.652. The highest BCUT2D eigenvalue weighted by Gasteiger charge is 2.05. The molecule has 6 heteroatoms. The van der Waals surface area contributed by atoms with Crippen LogP contribution in [0.4, 0.5) is 4.79 Å². The molecule has 1 rings (SSSR count). The number of amides is 2. The number of benzene rings is 1. The first kappa shape index (κ1) is 13.2. The van der Waals surface area contributed by atoms with Gasteiger partial charge < -0.3 is 5.73 Å². The summed E-state index contributed by atoms with van der Waals surface area (Å²) in [6.45, 7) is 1.85. The summed E-state index contributed by atoms with van der Waals surface area (Å²) in [6.07, 6.45) is 0. The van der Waals surface area contributed by atoms with Gasteiger partial charge in [0.15, 0.2) is 0 Å². The molecule has 0 unspecified atom stereocenters. The highest BCUT2D eigenvalue weighted by atomic mass is 32.2. The van der Waals surface area contributed by atoms with E-state index < -0.39 is 5.91 Å². The average molecular weight is 250 g/mol. The Morgan fingerprint density at radius 3 is 2.29 bits per heavy atom. The van der Waals surface area contributed by atoms with E-state index in [1.807, 2.05) is 6.92 Å². The lowest BCUT2D eigenvalue weighted by molar-refractivity contribution is 0.0992. The molecule has 0 atom stereocenters. The lowest BCUT2D eigenvalue weighted by Crippen LogP contribution is -2.15. The number of nitrogens with two attached hydrogens (primary N) is 1. The van der Waals surface area contributed by atoms with Gasteiger partial charge in [-0.1, -0.05) is 30.8 Å². The molecule has 0 aliphatic rings. The zero-order valence-electron chi connectivity index (χ0n) is 9.27. The van der Waals surface area contributed by atoms with Crippen molar-refractivity contribution in [2.24, 2.45) is 10.7 Å². The van der Waals surface area contributed by atoms with Crippen molar-refractivity contribution in [1.29, 1.82) is 0 Å². The van der Waals surface area contributed by atoms with Crippen LogP contribution in [0.15, 0.2) is 29.3 Å². The Balaban J connectivity index is 2.86. The van der Waals surface area contributed by atoms with Gasteiger partial charge in [-0.3, -0.25) is 15.3 Å². The van der Waals surface area contributed by atoms with Gasteiger partial charge in [0.1, 0.15) is 5.84 Å². The predicted octanol–water partition coefficient (Wildman–Crippen LogP) is 1.69. The molecule has 89 valence electrons. The van der Waals surface area contributed by atoms with Crippen molar-refractivity contribution in [1.82, 2.24) is 5.73 Å². The van der Waals surface area contributed by atoms with Crippen LogP contribution in [0.25, 0.3) is 0 Å². The standard InChI is InChI=1S/C11H12N3O2S/c1-2-17-11(16)14-9(12)7-3-5-8(6-4-7)10(13)15/h3-6,13H,2H2,1H3,(H2,12,14,16). The molecule has 1 aromatic carbocycles. The third kappa shape index (κ3) is 3.92. The van der Waals surface area contributed by atoms with Gasteiger partial charge in [0, 0.05) is 11.1 Å². The molecule has 0 aliphatic carbocycles. The maximum atomic E-state index is 11.2. The van der Waals surface area contributed by atoms with Gasteiger partial charge in [0.25, 0.3) is 5.91 Å². The first-order valence-electron chi connectivity index (χ1n) is 4.92. The number of nitrogens with zero attached hydrogens (tertiary/aromatic N) is 1. The molecule has 0 saturated carbocycles. The molecule has 0 aliphatic heterocycles. The Labute approximate surface area is 103 Å². The number of hydrogen-bond acceptors (Lipinski definition) is 3. The Hall–Kier alpha value is -1.82. The lowest BCUT2D eigenvalue weighted by atomic mass is 10.1. The van der Waals surface area contributed by atoms with E-state index in [2.05, 4.69) is 4.99 Å². The van der Waals surface area contributed by atoms with E-state index in [4.69, 9.17) is 11.5 Å². The van der Waals surface area contributed by atoms with Crippen molar-refractivity contribution in [3.63, 3.8) is 0 Å². The van der Waals surface area contributed by atoms with Crippen LogP contribution in [0.3, 0.4) is 0 Å². The van der Waals surface area contributed by atoms with E-state index in [1.165, 1.54) is 12.1 Å². The molecule has 17 heavy (non-hydrogen) atoms. The van der Waals surface area contributed by atoms with Gasteiger partial charge >= 0.3 is 5.24 Å². The SMILES string of the molecule is CCSC(=O)/N=C(\N)c1ccc(C([NH])=O)cc1. The third-order valence-corrected chi connectivity index (χ3v) is 2.55. The minimum Gasteiger partial charge on any atom is -0.383 e. The number of carbonyl (C=O) groups excluding carboxylic acids is 2. The number of thioether (sulfide) groups is 1. The van der Waals surface area contributed by atoms with E-state index >= 15 is 0 Å². The van der Waals surface area contributed by atoms with Gasteiger partial charge in [-0.2, -0.15) is 4.99 Å². The van der Waals surface area contributed by atoms with E-state index in [0.29, 0.717) is 11.3 Å². The smallest absolute Gasteiger partial charge is 0.306 e. The van der Waals surface area contributed by atoms with Crippen molar-refractivity contribution < 1.29 is 9.59 Å². The molecule has 2 amide bonds. The molecule has 0 spiro atoms. The Kier molecular flexibility index (Phi) is 4.71. The van der Waals surface area contributed by atoms with Gasteiger partial charge in [-0.25, -0.2) is 0 Å². The number of aliphatic imine (C=N–C) groups is 1. The minimum absolute atomic E-state index is 0.111. The summed E-state index contributed by atoms with van der Waals surface area (Å²) in [7, 11) is 0. The van der Waals surface area contributed by atoms with Gasteiger partial charge in [-0.15, -0.1) is 0 Å². The molecule has 3 N–H and O–H groups in total. The zero-order chi connectivity index (χ0) is 12.8. The Bertz CT molecular complexity index is 454. The maximum Gasteiger partial charge on any atom is 0.306 e. The molecular weight excluding hydrogens is 238 g/mol. The summed E-state index contributed by atoms with van der Waals surface area (Å²) in [4.78, 5) is 25.6. The largest absolute Gasteiger partial charge is 0.383 e. The first-order valence-corrected chi connectivity index (χ1v) is 5.90. The Morgan fingerprint density at radius 2 is 1.82 bits per heavy atom. The topological polar surface area (TPSA) is 96.3 Å². The maximum absolute atomic E-state index is 11.2. The van der Waals surface area contributed by atoms with Gasteiger partial charge in [-0.05, 0) is 17.9 Å². The summed E-state index contributed by atoms with van der Waals surface area (Å²) in [6, 6.07) is 6.07. The summed E-state index contributed by atoms with van der Waals surface area (Å²) < 4.78 is 0. The average Bonchev–Trinajstić information content (AvgIpc) is 2.29. The summed E-state index contributed by atoms with van der Waals surface area (Å²) >= 11 is 1.07. The summed E-state index contributed by atoms with van der Waals surface area (Å²) in [5, 5.41) is -0.342. The van der Waals surface area contributed by atoms with Crippen LogP contribution < -0.4 is 11.5 Å². The summed E-state index contributed by atoms with van der Waals surface area (Å²) in [5.41, 5.74) is 13.4. The second-order valence-electron chi connectivity index (χ2n) is 3.10. The first-order chi connectivity index (χ1) is 8.04. The van der Waals surface area contributed by atoms with E-state index in [-0.39, 0.29) is 16.6 Å². The molecule has 0 aromatic heterocycles. The van der Waals surface area contributed by atoms with Crippen molar-refractivity contribution in [3.8, 4) is 0 Å². The van der Waals surface area contributed by atoms with Crippen LogP contribution in [0.5, 0.6) is 0 Å². The fourth-order valence-corrected chi connectivity index (χ4v) is 1.52. The van der Waals surface area contributed by atoms with E-state index in [1.54, 1.807) is 12.1 Å². The third-order valence-electron chi connectivity index (χ3n) is 1.92. The van der Waals surface area contributed by atoms with Crippen LogP contribution in [0, 0.1) is 0 Å². The van der Waals surface area contributed by atoms with Crippen molar-refractivity contribution in [3.05, 3.63) is 35.4 Å². The second-order valence-corrected chi connectivity index (χ2v) is 4.32. The molecule has 1 aromatic rings. The highest BCUT2D eigenvalue weighted by molar-refractivity contribution is 8.13. The van der Waals surface area contributed by atoms with Gasteiger partial charge in [0.05, 0.1) is 0 Å². The number of amidine groups is 1. The van der Waals surface area contributed by atoms with Crippen molar-refractivity contribution in [2.45, 2.75) is 6.92 Å². The van der Waals surface area contributed by atoms with Crippen LogP contribution in [-0.4, -0.2) is 22.7 Å². The molecular formula is C11H12N3O2S.